The first-order valence-corrected chi connectivity index (χ1v) is 10.7. The van der Waals surface area contributed by atoms with Gasteiger partial charge in [0.15, 0.2) is 0 Å². The van der Waals surface area contributed by atoms with Crippen molar-refractivity contribution in [1.29, 1.82) is 0 Å². The minimum atomic E-state index is 0.0978. The van der Waals surface area contributed by atoms with Gasteiger partial charge in [0.1, 0.15) is 6.61 Å². The van der Waals surface area contributed by atoms with Crippen LogP contribution in [0.15, 0.2) is 0 Å². The Balaban J connectivity index is 1.46. The average Bonchev–Trinajstić information content (AvgIpc) is 3.24. The van der Waals surface area contributed by atoms with Crippen molar-refractivity contribution < 1.29 is 9.53 Å². The average molecular weight is 336 g/mol. The zero-order chi connectivity index (χ0) is 16.8. The molecule has 0 aromatic heterocycles. The summed E-state index contributed by atoms with van der Waals surface area (Å²) in [5.74, 6) is 0.856. The van der Waals surface area contributed by atoms with E-state index in [-0.39, 0.29) is 11.9 Å². The Labute approximate surface area is 148 Å². The minimum absolute atomic E-state index is 0.0978. The molecule has 0 unspecified atom stereocenters. The molecule has 0 bridgehead atoms. The molecule has 3 nitrogen and oxygen atoms in total. The quantitative estimate of drug-likeness (QED) is 0.618. The summed E-state index contributed by atoms with van der Waals surface area (Å²) in [4.78, 5) is 15.3. The highest BCUT2D eigenvalue weighted by atomic mass is 16.5. The molecule has 0 N–H and O–H groups in total. The summed E-state index contributed by atoms with van der Waals surface area (Å²) in [5, 5.41) is 0. The van der Waals surface area contributed by atoms with Crippen LogP contribution in [0.3, 0.4) is 0 Å². The molecule has 138 valence electrons. The van der Waals surface area contributed by atoms with Gasteiger partial charge in [0.2, 0.25) is 0 Å². The van der Waals surface area contributed by atoms with Crippen LogP contribution >= 0.6 is 0 Å². The predicted molar refractivity (Wildman–Crippen MR) is 97.9 cm³/mol. The summed E-state index contributed by atoms with van der Waals surface area (Å²) in [6.07, 6.45) is 16.8. The van der Waals surface area contributed by atoms with Crippen molar-refractivity contribution in [2.75, 3.05) is 19.7 Å². The molecule has 2 saturated carbocycles. The zero-order valence-corrected chi connectivity index (χ0v) is 15.7. The fourth-order valence-electron chi connectivity index (χ4n) is 5.70. The van der Waals surface area contributed by atoms with Gasteiger partial charge in [-0.1, -0.05) is 45.4 Å². The Kier molecular flexibility index (Phi) is 6.60. The second-order valence-corrected chi connectivity index (χ2v) is 8.48. The van der Waals surface area contributed by atoms with Crippen LogP contribution in [0.4, 0.5) is 0 Å². The monoisotopic (exact) mass is 335 g/mol. The maximum Gasteiger partial charge on any atom is 0.309 e. The van der Waals surface area contributed by atoms with Gasteiger partial charge in [-0.25, -0.2) is 0 Å². The van der Waals surface area contributed by atoms with E-state index in [4.69, 9.17) is 4.74 Å². The highest BCUT2D eigenvalue weighted by molar-refractivity contribution is 5.72. The maximum absolute atomic E-state index is 12.6. The first-order chi connectivity index (χ1) is 11.7. The van der Waals surface area contributed by atoms with E-state index in [0.717, 1.165) is 19.4 Å². The third-order valence-electron chi connectivity index (χ3n) is 7.00. The number of ether oxygens (including phenoxy) is 1. The summed E-state index contributed by atoms with van der Waals surface area (Å²) >= 11 is 0. The van der Waals surface area contributed by atoms with Crippen molar-refractivity contribution in [3.05, 3.63) is 0 Å². The van der Waals surface area contributed by atoms with E-state index in [1.165, 1.54) is 77.2 Å². The minimum Gasteiger partial charge on any atom is -0.464 e. The molecule has 3 aliphatic rings. The molecular formula is C21H37NO2. The largest absolute Gasteiger partial charge is 0.464 e. The molecule has 0 radical (unpaired) electrons. The van der Waals surface area contributed by atoms with Crippen LogP contribution < -0.4 is 0 Å². The van der Waals surface area contributed by atoms with Crippen LogP contribution in [0.1, 0.15) is 90.4 Å². The molecule has 1 atom stereocenters. The van der Waals surface area contributed by atoms with Crippen LogP contribution in [-0.4, -0.2) is 36.1 Å². The van der Waals surface area contributed by atoms with Gasteiger partial charge in [-0.15, -0.1) is 0 Å². The van der Waals surface area contributed by atoms with Gasteiger partial charge in [0.25, 0.3) is 0 Å². The number of likely N-dealkylation sites (tertiary alicyclic amines) is 1. The maximum atomic E-state index is 12.6. The number of hydrogen-bond acceptors (Lipinski definition) is 3. The standard InChI is InChI=1S/C21H37NO2/c1-2-9-19(18-10-4-5-11-18)20(23)24-17-16-22-15-8-14-21(22)12-6-3-7-13-21/h18-19H,2-17H2,1H3/t19-/m1/s1. The Morgan fingerprint density at radius 2 is 1.79 bits per heavy atom. The van der Waals surface area contributed by atoms with Crippen molar-refractivity contribution in [3.8, 4) is 0 Å². The van der Waals surface area contributed by atoms with E-state index < -0.39 is 0 Å². The Bertz CT molecular complexity index is 397. The molecule has 3 fully saturated rings. The topological polar surface area (TPSA) is 29.5 Å². The van der Waals surface area contributed by atoms with Gasteiger partial charge < -0.3 is 4.74 Å². The van der Waals surface area contributed by atoms with E-state index >= 15 is 0 Å². The third-order valence-corrected chi connectivity index (χ3v) is 7.00. The highest BCUT2D eigenvalue weighted by Gasteiger charge is 2.41. The van der Waals surface area contributed by atoms with Crippen molar-refractivity contribution in [2.45, 2.75) is 95.9 Å². The molecule has 2 aliphatic carbocycles. The highest BCUT2D eigenvalue weighted by Crippen LogP contribution is 2.41. The number of carbonyl (C=O) groups excluding carboxylic acids is 1. The van der Waals surface area contributed by atoms with E-state index in [1.54, 1.807) is 0 Å². The molecular weight excluding hydrogens is 298 g/mol. The van der Waals surface area contributed by atoms with Crippen LogP contribution in [0.5, 0.6) is 0 Å². The molecule has 3 rings (SSSR count). The summed E-state index contributed by atoms with van der Waals surface area (Å²) < 4.78 is 5.78. The lowest BCUT2D eigenvalue weighted by Crippen LogP contribution is -2.46. The second-order valence-electron chi connectivity index (χ2n) is 8.48. The Hall–Kier alpha value is -0.570. The van der Waals surface area contributed by atoms with E-state index in [2.05, 4.69) is 11.8 Å². The van der Waals surface area contributed by atoms with Crippen molar-refractivity contribution in [1.82, 2.24) is 4.90 Å². The smallest absolute Gasteiger partial charge is 0.309 e. The molecule has 1 saturated heterocycles. The summed E-state index contributed by atoms with van der Waals surface area (Å²) in [6, 6.07) is 0. The van der Waals surface area contributed by atoms with Crippen molar-refractivity contribution in [2.24, 2.45) is 11.8 Å². The van der Waals surface area contributed by atoms with Crippen LogP contribution in [0.2, 0.25) is 0 Å². The molecule has 3 heteroatoms. The van der Waals surface area contributed by atoms with Gasteiger partial charge in [-0.3, -0.25) is 9.69 Å². The van der Waals surface area contributed by atoms with Gasteiger partial charge in [-0.05, 0) is 57.4 Å². The van der Waals surface area contributed by atoms with Crippen LogP contribution in [0, 0.1) is 11.8 Å². The SMILES string of the molecule is CCC[C@@H](C(=O)OCCN1CCCC12CCCCC2)C1CCCC1. The molecule has 1 spiro atoms. The normalized spacial score (nSPS) is 26.0. The number of esters is 1. The van der Waals surface area contributed by atoms with Crippen molar-refractivity contribution in [3.63, 3.8) is 0 Å². The van der Waals surface area contributed by atoms with Gasteiger partial charge in [0, 0.05) is 12.1 Å². The Morgan fingerprint density at radius 3 is 2.50 bits per heavy atom. The predicted octanol–water partition coefficient (Wildman–Crippen LogP) is 4.93. The summed E-state index contributed by atoms with van der Waals surface area (Å²) in [6.45, 7) is 4.95. The molecule has 0 aromatic rings. The zero-order valence-electron chi connectivity index (χ0n) is 15.7. The van der Waals surface area contributed by atoms with Gasteiger partial charge in [-0.2, -0.15) is 0 Å². The number of hydrogen-bond donors (Lipinski definition) is 0. The van der Waals surface area contributed by atoms with Crippen molar-refractivity contribution >= 4 is 5.97 Å². The Morgan fingerprint density at radius 1 is 1.08 bits per heavy atom. The third kappa shape index (κ3) is 4.15. The van der Waals surface area contributed by atoms with Crippen LogP contribution in [-0.2, 0) is 9.53 Å². The molecule has 1 aliphatic heterocycles. The lowest BCUT2D eigenvalue weighted by Gasteiger charge is -2.41. The second kappa shape index (κ2) is 8.69. The van der Waals surface area contributed by atoms with E-state index in [1.807, 2.05) is 0 Å². The van der Waals surface area contributed by atoms with E-state index in [0.29, 0.717) is 18.1 Å². The number of rotatable bonds is 7. The van der Waals surface area contributed by atoms with Gasteiger partial charge >= 0.3 is 5.97 Å². The summed E-state index contributed by atoms with van der Waals surface area (Å²) in [7, 11) is 0. The number of nitrogens with zero attached hydrogens (tertiary/aromatic N) is 1. The fraction of sp³-hybridized carbons (Fsp3) is 0.952. The molecule has 0 amide bonds. The fourth-order valence-corrected chi connectivity index (χ4v) is 5.70. The molecule has 1 heterocycles. The lowest BCUT2D eigenvalue weighted by atomic mass is 9.80. The number of carbonyl (C=O) groups is 1. The van der Waals surface area contributed by atoms with E-state index in [9.17, 15) is 4.79 Å². The summed E-state index contributed by atoms with van der Waals surface area (Å²) in [5.41, 5.74) is 0.457. The first-order valence-electron chi connectivity index (χ1n) is 10.7. The first kappa shape index (κ1) is 18.2. The lowest BCUT2D eigenvalue weighted by molar-refractivity contribution is -0.151. The molecule has 24 heavy (non-hydrogen) atoms. The van der Waals surface area contributed by atoms with Crippen LogP contribution in [0.25, 0.3) is 0 Å². The molecule has 0 aromatic carbocycles. The van der Waals surface area contributed by atoms with Gasteiger partial charge in [0.05, 0.1) is 5.92 Å².